The maximum Gasteiger partial charge on any atom is 0.302 e. The molecule has 2 saturated heterocycles. The normalized spacial score (nSPS) is 30.6. The zero-order valence-electron chi connectivity index (χ0n) is 24.6. The molecule has 3 aliphatic heterocycles. The molecule has 2 fully saturated rings. The second-order valence-corrected chi connectivity index (χ2v) is 17.2. The van der Waals surface area contributed by atoms with E-state index in [1.165, 1.54) is 17.3 Å². The molecule has 0 bridgehead atoms. The summed E-state index contributed by atoms with van der Waals surface area (Å²) < 4.78 is 32.5. The molecule has 0 aliphatic carbocycles. The Hall–Kier alpha value is -2.29. The maximum atomic E-state index is 11.4. The first kappa shape index (κ1) is 29.2. The van der Waals surface area contributed by atoms with Gasteiger partial charge in [-0.1, -0.05) is 87.5 Å². The Kier molecular flexibility index (Phi) is 8.16. The first-order valence-corrected chi connectivity index (χ1v) is 16.5. The largest absolute Gasteiger partial charge is 0.463 e. The molecule has 0 N–H and O–H groups in total. The lowest BCUT2D eigenvalue weighted by atomic mass is 9.95. The fraction of sp³-hybridized carbons (Fsp3) is 0.545. The molecule has 7 heteroatoms. The van der Waals surface area contributed by atoms with E-state index < -0.39 is 25.5 Å². The van der Waals surface area contributed by atoms with Crippen molar-refractivity contribution in [1.82, 2.24) is 0 Å². The van der Waals surface area contributed by atoms with Crippen LogP contribution in [-0.2, 0) is 28.2 Å². The lowest BCUT2D eigenvalue weighted by Crippen LogP contribution is -2.67. The van der Waals surface area contributed by atoms with Gasteiger partial charge in [0.1, 0.15) is 12.2 Å². The van der Waals surface area contributed by atoms with Crippen LogP contribution in [0.4, 0.5) is 0 Å². The van der Waals surface area contributed by atoms with E-state index in [0.29, 0.717) is 13.0 Å². The van der Waals surface area contributed by atoms with Gasteiger partial charge in [0.25, 0.3) is 8.32 Å². The molecule has 40 heavy (non-hydrogen) atoms. The fourth-order valence-corrected chi connectivity index (χ4v) is 11.2. The molecule has 6 nitrogen and oxygen atoms in total. The Bertz CT molecular complexity index is 1150. The van der Waals surface area contributed by atoms with Crippen LogP contribution in [0, 0.1) is 0 Å². The SMILES string of the molecule is CC(=O)OC[C@@]1(C)CC[C@@]2(CC=C[C@]3(CCC[C@H](CO[Si](c4ccccc4)(c4ccccc4)C(C)(C)C)O3)O2)O1. The Labute approximate surface area is 240 Å². The Balaban J connectivity index is 1.35. The summed E-state index contributed by atoms with van der Waals surface area (Å²) in [5.74, 6) is -1.92. The summed E-state index contributed by atoms with van der Waals surface area (Å²) in [5, 5.41) is 2.43. The molecule has 0 saturated carbocycles. The van der Waals surface area contributed by atoms with Crippen molar-refractivity contribution in [1.29, 1.82) is 0 Å². The van der Waals surface area contributed by atoms with Gasteiger partial charge >= 0.3 is 5.97 Å². The highest BCUT2D eigenvalue weighted by Crippen LogP contribution is 2.48. The monoisotopic (exact) mass is 564 g/mol. The predicted octanol–water partition coefficient (Wildman–Crippen LogP) is 5.63. The molecule has 3 heterocycles. The van der Waals surface area contributed by atoms with Crippen LogP contribution >= 0.6 is 0 Å². The third-order valence-corrected chi connectivity index (χ3v) is 13.5. The maximum absolute atomic E-state index is 11.4. The number of ether oxygens (including phenoxy) is 4. The molecule has 0 unspecified atom stereocenters. The quantitative estimate of drug-likeness (QED) is 0.247. The van der Waals surface area contributed by atoms with E-state index in [4.69, 9.17) is 23.4 Å². The summed E-state index contributed by atoms with van der Waals surface area (Å²) in [5.41, 5.74) is -0.571. The molecule has 3 aliphatic rings. The minimum atomic E-state index is -2.67. The lowest BCUT2D eigenvalue weighted by molar-refractivity contribution is -0.369. The van der Waals surface area contributed by atoms with Crippen molar-refractivity contribution in [2.24, 2.45) is 0 Å². The smallest absolute Gasteiger partial charge is 0.302 e. The van der Waals surface area contributed by atoms with Gasteiger partial charge in [-0.25, -0.2) is 0 Å². The van der Waals surface area contributed by atoms with Gasteiger partial charge in [-0.3, -0.25) is 4.79 Å². The van der Waals surface area contributed by atoms with Crippen molar-refractivity contribution in [2.75, 3.05) is 13.2 Å². The van der Waals surface area contributed by atoms with Crippen molar-refractivity contribution in [3.05, 3.63) is 72.8 Å². The molecule has 0 amide bonds. The molecular weight excluding hydrogens is 520 g/mol. The zero-order chi connectivity index (χ0) is 28.5. The van der Waals surface area contributed by atoms with Gasteiger partial charge in [-0.05, 0) is 47.7 Å². The van der Waals surface area contributed by atoms with Crippen molar-refractivity contribution in [3.8, 4) is 0 Å². The summed E-state index contributed by atoms with van der Waals surface area (Å²) >= 11 is 0. The third-order valence-electron chi connectivity index (χ3n) is 8.53. The molecule has 2 spiro atoms. The highest BCUT2D eigenvalue weighted by molar-refractivity contribution is 6.99. The molecule has 0 aromatic heterocycles. The molecule has 216 valence electrons. The number of rotatable bonds is 7. The third kappa shape index (κ3) is 5.86. The van der Waals surface area contributed by atoms with Gasteiger partial charge in [0.2, 0.25) is 0 Å². The van der Waals surface area contributed by atoms with Crippen LogP contribution in [0.2, 0.25) is 5.04 Å². The van der Waals surface area contributed by atoms with Gasteiger partial charge in [0, 0.05) is 26.2 Å². The van der Waals surface area contributed by atoms with Crippen molar-refractivity contribution >= 4 is 24.7 Å². The van der Waals surface area contributed by atoms with Crippen LogP contribution < -0.4 is 10.4 Å². The molecule has 5 rings (SSSR count). The van der Waals surface area contributed by atoms with E-state index in [-0.39, 0.29) is 23.7 Å². The molecule has 0 radical (unpaired) electrons. The Morgan fingerprint density at radius 1 is 0.975 bits per heavy atom. The van der Waals surface area contributed by atoms with Crippen LogP contribution in [0.5, 0.6) is 0 Å². The van der Waals surface area contributed by atoms with Crippen LogP contribution in [0.25, 0.3) is 0 Å². The van der Waals surface area contributed by atoms with Gasteiger partial charge in [-0.15, -0.1) is 0 Å². The second kappa shape index (κ2) is 11.2. The minimum Gasteiger partial charge on any atom is -0.463 e. The number of esters is 1. The Morgan fingerprint density at radius 2 is 1.62 bits per heavy atom. The van der Waals surface area contributed by atoms with E-state index >= 15 is 0 Å². The standard InChI is InChI=1S/C33H44O6Si/c1-26(34)35-25-31(5)22-23-33(38-31)21-13-20-32(39-33)19-12-14-27(37-32)24-36-40(30(2,3)4,28-15-8-6-9-16-28)29-17-10-7-11-18-29/h6-11,13,15-18,20,27H,12,14,19,21-25H2,1-5H3/t27-,31-,32+,33+/m1/s1. The summed E-state index contributed by atoms with van der Waals surface area (Å²) in [6.07, 6.45) is 8.87. The second-order valence-electron chi connectivity index (χ2n) is 12.9. The number of hydrogen-bond acceptors (Lipinski definition) is 6. The van der Waals surface area contributed by atoms with Gasteiger partial charge in [0.05, 0.1) is 12.7 Å². The molecule has 2 aromatic rings. The van der Waals surface area contributed by atoms with Gasteiger partial charge in [0.15, 0.2) is 11.6 Å². The summed E-state index contributed by atoms with van der Waals surface area (Å²) in [6, 6.07) is 21.4. The summed E-state index contributed by atoms with van der Waals surface area (Å²) in [6.45, 7) is 11.0. The van der Waals surface area contributed by atoms with Crippen molar-refractivity contribution in [2.45, 2.75) is 101 Å². The zero-order valence-corrected chi connectivity index (χ0v) is 25.6. The van der Waals surface area contributed by atoms with Gasteiger partial charge in [-0.2, -0.15) is 0 Å². The summed E-state index contributed by atoms with van der Waals surface area (Å²) in [4.78, 5) is 11.4. The number of benzene rings is 2. The average Bonchev–Trinajstić information content (AvgIpc) is 3.23. The predicted molar refractivity (Wildman–Crippen MR) is 158 cm³/mol. The van der Waals surface area contributed by atoms with Crippen molar-refractivity contribution in [3.63, 3.8) is 0 Å². The highest BCUT2D eigenvalue weighted by atomic mass is 28.4. The van der Waals surface area contributed by atoms with Crippen molar-refractivity contribution < 1.29 is 28.2 Å². The number of carbonyl (C=O) groups is 1. The van der Waals surface area contributed by atoms with Crippen LogP contribution in [0.1, 0.15) is 73.1 Å². The van der Waals surface area contributed by atoms with E-state index in [0.717, 1.165) is 32.1 Å². The minimum absolute atomic E-state index is 0.0998. The van der Waals surface area contributed by atoms with E-state index in [1.54, 1.807) is 0 Å². The molecular formula is C33H44O6Si. The first-order valence-electron chi connectivity index (χ1n) is 14.6. The summed E-state index contributed by atoms with van der Waals surface area (Å²) in [7, 11) is -2.67. The van der Waals surface area contributed by atoms with Crippen LogP contribution in [-0.4, -0.2) is 50.8 Å². The highest BCUT2D eigenvalue weighted by Gasteiger charge is 2.55. The number of carbonyl (C=O) groups excluding carboxylic acids is 1. The van der Waals surface area contributed by atoms with Crippen LogP contribution in [0.3, 0.4) is 0 Å². The van der Waals surface area contributed by atoms with E-state index in [9.17, 15) is 4.79 Å². The average molecular weight is 565 g/mol. The van der Waals surface area contributed by atoms with Gasteiger partial charge < -0.3 is 23.4 Å². The van der Waals surface area contributed by atoms with E-state index in [2.05, 4.69) is 93.6 Å². The first-order chi connectivity index (χ1) is 19.0. The number of hydrogen-bond donors (Lipinski definition) is 0. The molecule has 4 atom stereocenters. The lowest BCUT2D eigenvalue weighted by Gasteiger charge is -2.48. The molecule has 2 aromatic carbocycles. The van der Waals surface area contributed by atoms with E-state index in [1.807, 2.05) is 6.92 Å². The topological polar surface area (TPSA) is 63.2 Å². The Morgan fingerprint density at radius 3 is 2.23 bits per heavy atom. The fourth-order valence-electron chi connectivity index (χ4n) is 6.66. The van der Waals surface area contributed by atoms with Crippen LogP contribution in [0.15, 0.2) is 72.8 Å².